The topological polar surface area (TPSA) is 153 Å². The second-order valence-electron chi connectivity index (χ2n) is 12.1. The fourth-order valence-electron chi connectivity index (χ4n) is 5.61. The molecule has 0 amide bonds. The van der Waals surface area contributed by atoms with Crippen LogP contribution < -0.4 is 0 Å². The molecule has 0 saturated carbocycles. The van der Waals surface area contributed by atoms with E-state index in [-0.39, 0.29) is 18.4 Å². The predicted molar refractivity (Wildman–Crippen MR) is 233 cm³/mol. The SMILES string of the molecule is CC.CC.CC.COC(=O)/C=C/c1cccc2c1nc(C)n2C.COC(=O)CC(O)c1cccc2c1nc(C)n2C.COC(=O)CCc1cccc2c1nc(C)n2C. The number of carbonyl (C=O) groups is 3. The van der Waals surface area contributed by atoms with Gasteiger partial charge >= 0.3 is 17.9 Å². The number of hydrogen-bond acceptors (Lipinski definition) is 10. The average Bonchev–Trinajstić information content (AvgIpc) is 3.85. The summed E-state index contributed by atoms with van der Waals surface area (Å²) in [5.74, 6) is 1.80. The highest BCUT2D eigenvalue weighted by Gasteiger charge is 2.18. The van der Waals surface area contributed by atoms with E-state index in [1.165, 1.54) is 27.4 Å². The molecule has 0 saturated heterocycles. The van der Waals surface area contributed by atoms with E-state index in [1.807, 2.05) is 141 Å². The number of hydrogen-bond donors (Lipinski definition) is 1. The zero-order valence-corrected chi connectivity index (χ0v) is 37.1. The zero-order chi connectivity index (χ0) is 44.1. The number of imidazole rings is 3. The van der Waals surface area contributed by atoms with Crippen molar-refractivity contribution in [1.29, 1.82) is 0 Å². The number of ether oxygens (including phenoxy) is 3. The van der Waals surface area contributed by atoms with Crippen molar-refractivity contribution in [3.05, 3.63) is 94.8 Å². The third-order valence-corrected chi connectivity index (χ3v) is 8.92. The van der Waals surface area contributed by atoms with Gasteiger partial charge in [0, 0.05) is 44.8 Å². The number of carbonyl (C=O) groups excluding carboxylic acids is 3. The van der Waals surface area contributed by atoms with Gasteiger partial charge in [0.2, 0.25) is 0 Å². The average molecular weight is 801 g/mol. The number of aromatic nitrogens is 6. The molecule has 13 heteroatoms. The molecule has 0 fully saturated rings. The molecule has 3 heterocycles. The molecule has 0 bridgehead atoms. The van der Waals surface area contributed by atoms with Crippen LogP contribution in [-0.4, -0.2) is 73.0 Å². The Bertz CT molecular complexity index is 2250. The van der Waals surface area contributed by atoms with Crippen molar-refractivity contribution in [2.24, 2.45) is 21.1 Å². The number of rotatable bonds is 8. The van der Waals surface area contributed by atoms with Gasteiger partial charge < -0.3 is 33.0 Å². The van der Waals surface area contributed by atoms with E-state index in [0.29, 0.717) is 18.4 Å². The number of para-hydroxylation sites is 3. The summed E-state index contributed by atoms with van der Waals surface area (Å²) >= 11 is 0. The molecule has 0 aliphatic rings. The summed E-state index contributed by atoms with van der Waals surface area (Å²) < 4.78 is 19.8. The quantitative estimate of drug-likeness (QED) is 0.0900. The summed E-state index contributed by atoms with van der Waals surface area (Å²) in [7, 11) is 9.96. The molecule has 3 aromatic heterocycles. The van der Waals surface area contributed by atoms with Crippen molar-refractivity contribution in [2.75, 3.05) is 21.3 Å². The molecule has 0 spiro atoms. The van der Waals surface area contributed by atoms with Crippen LogP contribution in [0.5, 0.6) is 0 Å². The van der Waals surface area contributed by atoms with E-state index in [9.17, 15) is 19.5 Å². The van der Waals surface area contributed by atoms with Crippen LogP contribution in [0, 0.1) is 20.8 Å². The first-order valence-electron chi connectivity index (χ1n) is 19.6. The summed E-state index contributed by atoms with van der Waals surface area (Å²) in [6.45, 7) is 17.8. The van der Waals surface area contributed by atoms with Gasteiger partial charge in [0.25, 0.3) is 0 Å². The molecular weight excluding hydrogens is 737 g/mol. The predicted octanol–water partition coefficient (Wildman–Crippen LogP) is 8.61. The van der Waals surface area contributed by atoms with Gasteiger partial charge in [-0.25, -0.2) is 19.7 Å². The first-order chi connectivity index (χ1) is 27.8. The van der Waals surface area contributed by atoms with Crippen molar-refractivity contribution in [1.82, 2.24) is 28.7 Å². The number of methoxy groups -OCH3 is 3. The minimum absolute atomic E-state index is 0.0643. The van der Waals surface area contributed by atoms with Crippen LogP contribution in [-0.2, 0) is 56.2 Å². The molecule has 3 aromatic carbocycles. The van der Waals surface area contributed by atoms with Gasteiger partial charge in [-0.15, -0.1) is 0 Å². The highest BCUT2D eigenvalue weighted by atomic mass is 16.5. The third kappa shape index (κ3) is 13.1. The van der Waals surface area contributed by atoms with Gasteiger partial charge in [-0.05, 0) is 57.0 Å². The van der Waals surface area contributed by atoms with Crippen molar-refractivity contribution in [2.45, 2.75) is 87.7 Å². The van der Waals surface area contributed by atoms with Crippen molar-refractivity contribution >= 4 is 57.1 Å². The Kier molecular flexibility index (Phi) is 22.0. The van der Waals surface area contributed by atoms with E-state index in [2.05, 4.69) is 33.7 Å². The molecular formula is C45H64N6O7. The number of nitrogens with zero attached hydrogens (tertiary/aromatic N) is 6. The molecule has 316 valence electrons. The van der Waals surface area contributed by atoms with E-state index in [4.69, 9.17) is 0 Å². The molecule has 1 N–H and O–H groups in total. The van der Waals surface area contributed by atoms with Crippen LogP contribution in [0.15, 0.2) is 60.7 Å². The number of benzene rings is 3. The normalized spacial score (nSPS) is 10.7. The van der Waals surface area contributed by atoms with Crippen LogP contribution >= 0.6 is 0 Å². The highest BCUT2D eigenvalue weighted by molar-refractivity contribution is 5.92. The molecule has 6 rings (SSSR count). The Balaban J connectivity index is 0.000000408. The Hall–Kier alpha value is -5.82. The van der Waals surface area contributed by atoms with Gasteiger partial charge in [-0.1, -0.05) is 77.9 Å². The lowest BCUT2D eigenvalue weighted by atomic mass is 10.1. The van der Waals surface area contributed by atoms with Crippen molar-refractivity contribution < 1.29 is 33.7 Å². The summed E-state index contributed by atoms with van der Waals surface area (Å²) in [6.07, 6.45) is 3.23. The minimum Gasteiger partial charge on any atom is -0.469 e. The Morgan fingerprint density at radius 1 is 0.638 bits per heavy atom. The fraction of sp³-hybridized carbons (Fsp3) is 0.422. The fourth-order valence-corrected chi connectivity index (χ4v) is 5.61. The zero-order valence-electron chi connectivity index (χ0n) is 37.1. The largest absolute Gasteiger partial charge is 0.469 e. The Morgan fingerprint density at radius 2 is 1.09 bits per heavy atom. The lowest BCUT2D eigenvalue weighted by molar-refractivity contribution is -0.143. The van der Waals surface area contributed by atoms with Gasteiger partial charge in [0.05, 0.1) is 67.0 Å². The van der Waals surface area contributed by atoms with Crippen LogP contribution in [0.2, 0.25) is 0 Å². The third-order valence-electron chi connectivity index (χ3n) is 8.92. The van der Waals surface area contributed by atoms with Gasteiger partial charge in [0.15, 0.2) is 0 Å². The van der Waals surface area contributed by atoms with Gasteiger partial charge in [0.1, 0.15) is 17.5 Å². The minimum atomic E-state index is -0.893. The second kappa shape index (κ2) is 25.4. The lowest BCUT2D eigenvalue weighted by Gasteiger charge is -2.10. The molecule has 6 aromatic rings. The number of esters is 3. The first kappa shape index (κ1) is 50.2. The maximum atomic E-state index is 11.2. The van der Waals surface area contributed by atoms with Crippen LogP contribution in [0.1, 0.15) is 94.7 Å². The van der Waals surface area contributed by atoms with Crippen molar-refractivity contribution in [3.8, 4) is 0 Å². The molecule has 0 aliphatic heterocycles. The molecule has 13 nitrogen and oxygen atoms in total. The van der Waals surface area contributed by atoms with E-state index >= 15 is 0 Å². The standard InChI is InChI=1S/C13H16N2O3.C13H16N2O2.C13H14N2O2.3C2H6/c1-8-14-13-9(11(16)7-12(17)18-3)5-4-6-10(13)15(8)2;2*1-9-14-13-10(7-8-12(16)17-3)5-4-6-11(13)15(9)2;3*1-2/h4-6,11,16H,7H2,1-3H3;4-6H,7-8H2,1-3H3;4-8H,1-3H3;3*1-2H3/b;;8-7+;;;. The Morgan fingerprint density at radius 3 is 1.60 bits per heavy atom. The van der Waals surface area contributed by atoms with E-state index in [0.717, 1.165) is 61.7 Å². The van der Waals surface area contributed by atoms with E-state index < -0.39 is 12.1 Å². The van der Waals surface area contributed by atoms with Gasteiger partial charge in [-0.3, -0.25) is 9.59 Å². The summed E-state index contributed by atoms with van der Waals surface area (Å²) in [4.78, 5) is 46.8. The van der Waals surface area contributed by atoms with Crippen LogP contribution in [0.4, 0.5) is 0 Å². The Labute approximate surface area is 343 Å². The second-order valence-corrected chi connectivity index (χ2v) is 12.1. The molecule has 1 atom stereocenters. The molecule has 0 aliphatic carbocycles. The smallest absolute Gasteiger partial charge is 0.330 e. The van der Waals surface area contributed by atoms with Crippen LogP contribution in [0.25, 0.3) is 39.2 Å². The molecule has 58 heavy (non-hydrogen) atoms. The number of aliphatic hydroxyl groups excluding tert-OH is 1. The summed E-state index contributed by atoms with van der Waals surface area (Å²) in [6, 6.07) is 17.5. The summed E-state index contributed by atoms with van der Waals surface area (Å²) in [5.41, 5.74) is 8.36. The van der Waals surface area contributed by atoms with Gasteiger partial charge in [-0.2, -0.15) is 0 Å². The van der Waals surface area contributed by atoms with Crippen LogP contribution in [0.3, 0.4) is 0 Å². The van der Waals surface area contributed by atoms with E-state index in [1.54, 1.807) is 12.1 Å². The lowest BCUT2D eigenvalue weighted by Crippen LogP contribution is -2.08. The number of fused-ring (bicyclic) bond motifs is 3. The summed E-state index contributed by atoms with van der Waals surface area (Å²) in [5, 5.41) is 10.1. The number of aryl methyl sites for hydroxylation is 7. The number of aliphatic hydroxyl groups is 1. The highest BCUT2D eigenvalue weighted by Crippen LogP contribution is 2.26. The molecule has 1 unspecified atom stereocenters. The molecule has 0 radical (unpaired) electrons. The van der Waals surface area contributed by atoms with Crippen molar-refractivity contribution in [3.63, 3.8) is 0 Å². The maximum absolute atomic E-state index is 11.2. The maximum Gasteiger partial charge on any atom is 0.330 e. The first-order valence-corrected chi connectivity index (χ1v) is 19.6. The monoisotopic (exact) mass is 800 g/mol.